The van der Waals surface area contributed by atoms with Crippen molar-refractivity contribution in [3.63, 3.8) is 0 Å². The summed E-state index contributed by atoms with van der Waals surface area (Å²) in [5.41, 5.74) is -0.0160. The molecule has 24 heavy (non-hydrogen) atoms. The molecule has 0 spiro atoms. The van der Waals surface area contributed by atoms with Gasteiger partial charge >= 0.3 is 0 Å². The van der Waals surface area contributed by atoms with Gasteiger partial charge in [-0.2, -0.15) is 5.26 Å². The number of H-pyrrole nitrogens is 1. The molecule has 0 saturated heterocycles. The number of nitriles is 1. The summed E-state index contributed by atoms with van der Waals surface area (Å²) in [5.74, 6) is -2.58. The number of aromatic nitrogens is 1. The minimum absolute atomic E-state index is 0.148. The highest BCUT2D eigenvalue weighted by Gasteiger charge is 2.17. The third kappa shape index (κ3) is 2.79. The predicted octanol–water partition coefficient (Wildman–Crippen LogP) is 4.38. The van der Waals surface area contributed by atoms with E-state index in [0.29, 0.717) is 10.9 Å². The summed E-state index contributed by atoms with van der Waals surface area (Å²) in [5, 5.41) is 9.64. The van der Waals surface area contributed by atoms with Crippen molar-refractivity contribution in [2.45, 2.75) is 0 Å². The Balaban J connectivity index is 2.07. The topological polar surface area (TPSA) is 56.6 Å². The number of nitrogens with one attached hydrogen (secondary N) is 1. The number of halogens is 3. The van der Waals surface area contributed by atoms with Crippen LogP contribution in [0.15, 0.2) is 48.2 Å². The molecule has 0 fully saturated rings. The minimum Gasteiger partial charge on any atom is -0.360 e. The first-order valence-corrected chi connectivity index (χ1v) is 6.88. The van der Waals surface area contributed by atoms with E-state index in [-0.39, 0.29) is 16.7 Å². The van der Waals surface area contributed by atoms with Crippen LogP contribution in [0.3, 0.4) is 0 Å². The number of fused-ring (bicyclic) bond motifs is 1. The zero-order valence-corrected chi connectivity index (χ0v) is 12.1. The number of hydrogen-bond donors (Lipinski definition) is 1. The second-order valence-corrected chi connectivity index (χ2v) is 5.06. The zero-order chi connectivity index (χ0) is 17.3. The summed E-state index contributed by atoms with van der Waals surface area (Å²) >= 11 is 0. The highest BCUT2D eigenvalue weighted by atomic mass is 19.1. The first-order valence-electron chi connectivity index (χ1n) is 6.88. The smallest absolute Gasteiger partial charge is 0.205 e. The Morgan fingerprint density at radius 3 is 2.54 bits per heavy atom. The lowest BCUT2D eigenvalue weighted by Crippen LogP contribution is -2.01. The molecule has 3 rings (SSSR count). The van der Waals surface area contributed by atoms with E-state index in [4.69, 9.17) is 0 Å². The van der Waals surface area contributed by atoms with Gasteiger partial charge in [0, 0.05) is 28.2 Å². The normalized spacial score (nSPS) is 11.5. The van der Waals surface area contributed by atoms with E-state index in [1.165, 1.54) is 24.4 Å². The van der Waals surface area contributed by atoms with Crippen LogP contribution in [-0.4, -0.2) is 10.8 Å². The standard InChI is InChI=1S/C18H9F3N2O/c19-12-2-4-16(21)10(6-12)5-11(8-22)18(24)15-9-23-17-7-13(20)1-3-14(15)17/h1-7,9,23H/b11-5-. The average Bonchev–Trinajstić information content (AvgIpc) is 2.97. The number of allylic oxidation sites excluding steroid dienone is 1. The van der Waals surface area contributed by atoms with Crippen molar-refractivity contribution in [2.24, 2.45) is 0 Å². The van der Waals surface area contributed by atoms with Crippen LogP contribution in [-0.2, 0) is 0 Å². The lowest BCUT2D eigenvalue weighted by Gasteiger charge is -2.01. The quantitative estimate of drug-likeness (QED) is 0.441. The maximum absolute atomic E-state index is 13.7. The number of rotatable bonds is 3. The number of nitrogens with zero attached hydrogens (tertiary/aromatic N) is 1. The fourth-order valence-electron chi connectivity index (χ4n) is 2.36. The molecule has 3 aromatic rings. The Morgan fingerprint density at radius 1 is 1.08 bits per heavy atom. The largest absolute Gasteiger partial charge is 0.360 e. The van der Waals surface area contributed by atoms with Crippen molar-refractivity contribution < 1.29 is 18.0 Å². The van der Waals surface area contributed by atoms with Gasteiger partial charge in [-0.1, -0.05) is 0 Å². The van der Waals surface area contributed by atoms with E-state index < -0.39 is 23.2 Å². The lowest BCUT2D eigenvalue weighted by molar-refractivity contribution is 0.104. The second-order valence-electron chi connectivity index (χ2n) is 5.06. The third-order valence-corrected chi connectivity index (χ3v) is 3.51. The van der Waals surface area contributed by atoms with Gasteiger partial charge in [0.15, 0.2) is 0 Å². The average molecular weight is 326 g/mol. The van der Waals surface area contributed by atoms with Gasteiger partial charge in [0.25, 0.3) is 0 Å². The molecular formula is C18H9F3N2O. The molecule has 2 aromatic carbocycles. The molecule has 6 heteroatoms. The number of carbonyl (C=O) groups is 1. The molecule has 1 N–H and O–H groups in total. The number of Topliss-reactive ketones (excluding diaryl/α,β-unsaturated/α-hetero) is 1. The monoisotopic (exact) mass is 326 g/mol. The molecule has 1 heterocycles. The molecule has 0 aliphatic rings. The van der Waals surface area contributed by atoms with Gasteiger partial charge in [0.2, 0.25) is 5.78 Å². The lowest BCUT2D eigenvalue weighted by atomic mass is 10.0. The highest BCUT2D eigenvalue weighted by Crippen LogP contribution is 2.23. The number of carbonyl (C=O) groups excluding carboxylic acids is 1. The van der Waals surface area contributed by atoms with Crippen LogP contribution in [0.25, 0.3) is 17.0 Å². The summed E-state index contributed by atoms with van der Waals surface area (Å²) < 4.78 is 40.1. The predicted molar refractivity (Wildman–Crippen MR) is 82.5 cm³/mol. The summed E-state index contributed by atoms with van der Waals surface area (Å²) in [7, 11) is 0. The summed E-state index contributed by atoms with van der Waals surface area (Å²) in [6, 6.07) is 8.26. The van der Waals surface area contributed by atoms with E-state index in [1.54, 1.807) is 6.07 Å². The van der Waals surface area contributed by atoms with Crippen LogP contribution < -0.4 is 0 Å². The Kier molecular flexibility index (Phi) is 3.92. The SMILES string of the molecule is N#C/C(=C/c1cc(F)ccc1F)C(=O)c1c[nH]c2cc(F)ccc12. The molecule has 0 saturated carbocycles. The zero-order valence-electron chi connectivity index (χ0n) is 12.1. The van der Waals surface area contributed by atoms with Gasteiger partial charge in [-0.3, -0.25) is 4.79 Å². The fraction of sp³-hybridized carbons (Fsp3) is 0. The third-order valence-electron chi connectivity index (χ3n) is 3.51. The summed E-state index contributed by atoms with van der Waals surface area (Å²) in [6.45, 7) is 0. The molecular weight excluding hydrogens is 317 g/mol. The van der Waals surface area contributed by atoms with Gasteiger partial charge in [0.05, 0.1) is 0 Å². The van der Waals surface area contributed by atoms with Crippen LogP contribution in [0.2, 0.25) is 0 Å². The van der Waals surface area contributed by atoms with Crippen molar-refractivity contribution in [3.8, 4) is 6.07 Å². The van der Waals surface area contributed by atoms with Crippen LogP contribution in [0.4, 0.5) is 13.2 Å². The number of benzene rings is 2. The van der Waals surface area contributed by atoms with Gasteiger partial charge < -0.3 is 4.98 Å². The van der Waals surface area contributed by atoms with Gasteiger partial charge in [-0.25, -0.2) is 13.2 Å². The van der Waals surface area contributed by atoms with Crippen molar-refractivity contribution in [1.82, 2.24) is 4.98 Å². The highest BCUT2D eigenvalue weighted by molar-refractivity contribution is 6.19. The van der Waals surface area contributed by atoms with Crippen LogP contribution in [0, 0.1) is 28.8 Å². The van der Waals surface area contributed by atoms with Crippen molar-refractivity contribution in [2.75, 3.05) is 0 Å². The fourth-order valence-corrected chi connectivity index (χ4v) is 2.36. The summed E-state index contributed by atoms with van der Waals surface area (Å²) in [6.07, 6.45) is 2.34. The first kappa shape index (κ1) is 15.6. The number of aromatic amines is 1. The van der Waals surface area contributed by atoms with Crippen molar-refractivity contribution >= 4 is 22.8 Å². The van der Waals surface area contributed by atoms with Gasteiger partial charge in [-0.05, 0) is 42.5 Å². The molecule has 118 valence electrons. The maximum Gasteiger partial charge on any atom is 0.205 e. The Morgan fingerprint density at radius 2 is 1.79 bits per heavy atom. The number of hydrogen-bond acceptors (Lipinski definition) is 2. The van der Waals surface area contributed by atoms with Gasteiger partial charge in [-0.15, -0.1) is 0 Å². The molecule has 0 aliphatic carbocycles. The Labute approximate surface area is 134 Å². The first-order chi connectivity index (χ1) is 11.5. The molecule has 0 radical (unpaired) electrons. The Bertz CT molecular complexity index is 1030. The minimum atomic E-state index is -0.752. The molecule has 1 aromatic heterocycles. The Hall–Kier alpha value is -3.33. The summed E-state index contributed by atoms with van der Waals surface area (Å²) in [4.78, 5) is 15.3. The molecule has 0 amide bonds. The molecule has 0 unspecified atom stereocenters. The van der Waals surface area contributed by atoms with Crippen LogP contribution in [0.1, 0.15) is 15.9 Å². The van der Waals surface area contributed by atoms with Crippen molar-refractivity contribution in [3.05, 3.63) is 76.7 Å². The molecule has 0 atom stereocenters. The van der Waals surface area contributed by atoms with Gasteiger partial charge in [0.1, 0.15) is 29.1 Å². The second kappa shape index (κ2) is 6.05. The maximum atomic E-state index is 13.7. The van der Waals surface area contributed by atoms with Crippen molar-refractivity contribution in [1.29, 1.82) is 5.26 Å². The van der Waals surface area contributed by atoms with E-state index >= 15 is 0 Å². The molecule has 0 aliphatic heterocycles. The van der Waals surface area contributed by atoms with Crippen LogP contribution in [0.5, 0.6) is 0 Å². The van der Waals surface area contributed by atoms with E-state index in [1.807, 2.05) is 0 Å². The number of ketones is 1. The van der Waals surface area contributed by atoms with E-state index in [9.17, 15) is 23.2 Å². The van der Waals surface area contributed by atoms with E-state index in [0.717, 1.165) is 24.3 Å². The molecule has 0 bridgehead atoms. The van der Waals surface area contributed by atoms with Crippen LogP contribution >= 0.6 is 0 Å². The molecule has 3 nitrogen and oxygen atoms in total. The van der Waals surface area contributed by atoms with E-state index in [2.05, 4.69) is 4.98 Å².